The van der Waals surface area contributed by atoms with Crippen LogP contribution in [0.4, 0.5) is 0 Å². The highest BCUT2D eigenvalue weighted by atomic mass is 16.5. The Bertz CT molecular complexity index is 233. The summed E-state index contributed by atoms with van der Waals surface area (Å²) in [5, 5.41) is 36.8. The SMILES string of the molecule is CC(C)(C)C([O-])[O-].C[N+](C)(C)CCCO.C[N+](C)(C)CCCO. The molecule has 0 fully saturated rings. The monoisotopic (exact) mass is 338 g/mol. The minimum absolute atomic E-state index is 0.315. The first-order valence-corrected chi connectivity index (χ1v) is 8.21. The normalized spacial score (nSPS) is 12.3. The average Bonchev–Trinajstić information content (AvgIpc) is 2.32. The van der Waals surface area contributed by atoms with Gasteiger partial charge in [0.2, 0.25) is 0 Å². The molecule has 0 aliphatic rings. The molecule has 2 N–H and O–H groups in total. The summed E-state index contributed by atoms with van der Waals surface area (Å²) < 4.78 is 1.89. The van der Waals surface area contributed by atoms with E-state index in [9.17, 15) is 10.2 Å². The third kappa shape index (κ3) is 34.2. The maximum absolute atomic E-state index is 9.99. The van der Waals surface area contributed by atoms with E-state index in [1.165, 1.54) is 0 Å². The molecule has 0 saturated heterocycles. The molecule has 6 heteroatoms. The molecule has 0 atom stereocenters. The molecule has 0 bridgehead atoms. The number of nitrogens with zero attached hydrogens (tertiary/aromatic N) is 2. The molecule has 144 valence electrons. The van der Waals surface area contributed by atoms with Crippen molar-refractivity contribution in [2.75, 3.05) is 68.6 Å². The summed E-state index contributed by atoms with van der Waals surface area (Å²) in [7, 11) is 12.7. The van der Waals surface area contributed by atoms with Gasteiger partial charge in [-0.3, -0.25) is 0 Å². The van der Waals surface area contributed by atoms with Crippen LogP contribution in [0.25, 0.3) is 0 Å². The first kappa shape index (κ1) is 27.6. The molecule has 23 heavy (non-hydrogen) atoms. The molecule has 6 nitrogen and oxygen atoms in total. The number of hydrogen-bond donors (Lipinski definition) is 2. The molecule has 0 amide bonds. The highest BCUT2D eigenvalue weighted by Gasteiger charge is 2.04. The maximum atomic E-state index is 9.99. The molecular weight excluding hydrogens is 296 g/mol. The predicted molar refractivity (Wildman–Crippen MR) is 92.4 cm³/mol. The Hall–Kier alpha value is -0.240. The summed E-state index contributed by atoms with van der Waals surface area (Å²) >= 11 is 0. The van der Waals surface area contributed by atoms with Crippen molar-refractivity contribution in [1.82, 2.24) is 0 Å². The van der Waals surface area contributed by atoms with E-state index in [-0.39, 0.29) is 0 Å². The zero-order valence-electron chi connectivity index (χ0n) is 16.9. The van der Waals surface area contributed by atoms with E-state index in [4.69, 9.17) is 10.2 Å². The number of hydrogen-bond acceptors (Lipinski definition) is 4. The van der Waals surface area contributed by atoms with E-state index in [2.05, 4.69) is 42.3 Å². The van der Waals surface area contributed by atoms with Crippen molar-refractivity contribution in [2.24, 2.45) is 5.41 Å². The van der Waals surface area contributed by atoms with Gasteiger partial charge in [0.25, 0.3) is 0 Å². The Kier molecular flexibility index (Phi) is 15.7. The minimum Gasteiger partial charge on any atom is -0.865 e. The smallest absolute Gasteiger partial charge is 0.0802 e. The van der Waals surface area contributed by atoms with Gasteiger partial charge >= 0.3 is 0 Å². The topological polar surface area (TPSA) is 86.6 Å². The average molecular weight is 339 g/mol. The van der Waals surface area contributed by atoms with E-state index >= 15 is 0 Å². The Balaban J connectivity index is -0.000000262. The first-order valence-electron chi connectivity index (χ1n) is 8.21. The van der Waals surface area contributed by atoms with Crippen molar-refractivity contribution in [1.29, 1.82) is 0 Å². The molecule has 0 radical (unpaired) electrons. The predicted octanol–water partition coefficient (Wildman–Crippen LogP) is -0.771. The second kappa shape index (κ2) is 13.1. The van der Waals surface area contributed by atoms with E-state index in [0.29, 0.717) is 13.2 Å². The molecule has 0 aromatic rings. The number of quaternary nitrogens is 2. The van der Waals surface area contributed by atoms with Crippen molar-refractivity contribution in [2.45, 2.75) is 39.9 Å². The van der Waals surface area contributed by atoms with Gasteiger partial charge in [-0.2, -0.15) is 0 Å². The molecule has 0 aliphatic heterocycles. The van der Waals surface area contributed by atoms with Crippen LogP contribution in [-0.4, -0.2) is 94.1 Å². The minimum atomic E-state index is -1.70. The Morgan fingerprint density at radius 3 is 1.00 bits per heavy atom. The van der Waals surface area contributed by atoms with E-state index < -0.39 is 11.7 Å². The van der Waals surface area contributed by atoms with Gasteiger partial charge in [-0.1, -0.05) is 26.2 Å². The van der Waals surface area contributed by atoms with Crippen LogP contribution in [0, 0.1) is 5.41 Å². The Morgan fingerprint density at radius 2 is 0.957 bits per heavy atom. The fraction of sp³-hybridized carbons (Fsp3) is 1.00. The zero-order chi connectivity index (χ0) is 19.3. The van der Waals surface area contributed by atoms with Crippen LogP contribution in [-0.2, 0) is 0 Å². The van der Waals surface area contributed by atoms with Crippen LogP contribution < -0.4 is 10.2 Å². The van der Waals surface area contributed by atoms with Crippen molar-refractivity contribution < 1.29 is 29.4 Å². The largest absolute Gasteiger partial charge is 0.865 e. The highest BCUT2D eigenvalue weighted by molar-refractivity contribution is 4.58. The van der Waals surface area contributed by atoms with Crippen molar-refractivity contribution in [3.05, 3.63) is 0 Å². The molecular formula is C17H42N2O4. The van der Waals surface area contributed by atoms with E-state index in [1.54, 1.807) is 20.8 Å². The van der Waals surface area contributed by atoms with Gasteiger partial charge in [-0.25, -0.2) is 6.29 Å². The van der Waals surface area contributed by atoms with Gasteiger partial charge in [-0.15, -0.1) is 0 Å². The van der Waals surface area contributed by atoms with Crippen molar-refractivity contribution in [3.63, 3.8) is 0 Å². The van der Waals surface area contributed by atoms with Gasteiger partial charge in [-0.05, 0) is 0 Å². The quantitative estimate of drug-likeness (QED) is 0.492. The maximum Gasteiger partial charge on any atom is 0.0802 e. The number of aliphatic hydroxyl groups is 2. The number of aliphatic hydroxyl groups excluding tert-OH is 2. The summed E-state index contributed by atoms with van der Waals surface area (Å²) in [5.74, 6) is 0. The third-order valence-electron chi connectivity index (χ3n) is 2.68. The summed E-state index contributed by atoms with van der Waals surface area (Å²) in [6.45, 7) is 7.64. The molecule has 0 aromatic carbocycles. The van der Waals surface area contributed by atoms with Crippen LogP contribution in [0.3, 0.4) is 0 Å². The van der Waals surface area contributed by atoms with Crippen LogP contribution in [0.1, 0.15) is 33.6 Å². The van der Waals surface area contributed by atoms with E-state index in [0.717, 1.165) is 34.9 Å². The van der Waals surface area contributed by atoms with Crippen LogP contribution in [0.5, 0.6) is 0 Å². The lowest BCUT2D eigenvalue weighted by molar-refractivity contribution is -0.870. The second-order valence-corrected chi connectivity index (χ2v) is 8.88. The fourth-order valence-electron chi connectivity index (χ4n) is 1.09. The molecule has 0 spiro atoms. The van der Waals surface area contributed by atoms with Crippen LogP contribution in [0.2, 0.25) is 0 Å². The van der Waals surface area contributed by atoms with Crippen LogP contribution >= 0.6 is 0 Å². The number of rotatable bonds is 6. The van der Waals surface area contributed by atoms with Gasteiger partial charge in [0.05, 0.1) is 55.4 Å². The molecule has 0 heterocycles. The molecule has 0 rings (SSSR count). The van der Waals surface area contributed by atoms with Gasteiger partial charge in [0, 0.05) is 26.1 Å². The van der Waals surface area contributed by atoms with Crippen molar-refractivity contribution >= 4 is 0 Å². The lowest BCUT2D eigenvalue weighted by Crippen LogP contribution is -2.49. The summed E-state index contributed by atoms with van der Waals surface area (Å²) in [5.41, 5.74) is -0.611. The molecule has 0 aromatic heterocycles. The van der Waals surface area contributed by atoms with Gasteiger partial charge < -0.3 is 29.4 Å². The molecule has 0 saturated carbocycles. The highest BCUT2D eigenvalue weighted by Crippen LogP contribution is 2.11. The Labute approximate surface area is 144 Å². The van der Waals surface area contributed by atoms with Crippen molar-refractivity contribution in [3.8, 4) is 0 Å². The molecule has 0 unspecified atom stereocenters. The summed E-state index contributed by atoms with van der Waals surface area (Å²) in [6, 6.07) is 0. The zero-order valence-corrected chi connectivity index (χ0v) is 16.9. The lowest BCUT2D eigenvalue weighted by atomic mass is 9.96. The van der Waals surface area contributed by atoms with Crippen LogP contribution in [0.15, 0.2) is 0 Å². The fourth-order valence-corrected chi connectivity index (χ4v) is 1.09. The molecule has 0 aliphatic carbocycles. The first-order chi connectivity index (χ1) is 10.1. The third-order valence-corrected chi connectivity index (χ3v) is 2.68. The van der Waals surface area contributed by atoms with Gasteiger partial charge in [0.1, 0.15) is 0 Å². The Morgan fingerprint density at radius 1 is 0.739 bits per heavy atom. The van der Waals surface area contributed by atoms with E-state index in [1.807, 2.05) is 0 Å². The summed E-state index contributed by atoms with van der Waals surface area (Å²) in [6.07, 6.45) is 0.111. The summed E-state index contributed by atoms with van der Waals surface area (Å²) in [4.78, 5) is 0. The van der Waals surface area contributed by atoms with Gasteiger partial charge in [0.15, 0.2) is 0 Å². The lowest BCUT2D eigenvalue weighted by Gasteiger charge is -2.42. The second-order valence-electron chi connectivity index (χ2n) is 8.88. The standard InChI is InChI=1S/2C6H16NO.C5H10O2/c2*1-7(2,3)5-4-6-8;1-5(2,3)4(6)7/h2*8H,4-6H2,1-3H3;4H,1-3H3/q2*+1;-2.